The highest BCUT2D eigenvalue weighted by Gasteiger charge is 2.26. The van der Waals surface area contributed by atoms with E-state index in [-0.39, 0.29) is 11.9 Å². The SMILES string of the molecule is CCc1ccc(-c2nc(-c3ccccc3)n(CC)c2C(=O)NC(CCC(C)C)c2ccccc2)cc1. The van der Waals surface area contributed by atoms with Crippen LogP contribution in [0.1, 0.15) is 68.2 Å². The Hall–Kier alpha value is -3.66. The predicted molar refractivity (Wildman–Crippen MR) is 149 cm³/mol. The monoisotopic (exact) mass is 479 g/mol. The number of benzene rings is 3. The van der Waals surface area contributed by atoms with Crippen molar-refractivity contribution in [1.29, 1.82) is 0 Å². The molecule has 4 heteroatoms. The molecule has 0 fully saturated rings. The molecule has 0 aliphatic rings. The van der Waals surface area contributed by atoms with Crippen LogP contribution >= 0.6 is 0 Å². The van der Waals surface area contributed by atoms with Crippen molar-refractivity contribution in [3.8, 4) is 22.6 Å². The van der Waals surface area contributed by atoms with E-state index in [0.29, 0.717) is 18.2 Å². The summed E-state index contributed by atoms with van der Waals surface area (Å²) < 4.78 is 2.05. The van der Waals surface area contributed by atoms with Gasteiger partial charge in [0.15, 0.2) is 0 Å². The van der Waals surface area contributed by atoms with Crippen LogP contribution in [-0.2, 0) is 13.0 Å². The third-order valence-corrected chi connectivity index (χ3v) is 6.71. The summed E-state index contributed by atoms with van der Waals surface area (Å²) >= 11 is 0. The zero-order valence-electron chi connectivity index (χ0n) is 21.9. The molecule has 186 valence electrons. The fourth-order valence-corrected chi connectivity index (χ4v) is 4.63. The Kier molecular flexibility index (Phi) is 8.37. The van der Waals surface area contributed by atoms with E-state index in [1.165, 1.54) is 5.56 Å². The van der Waals surface area contributed by atoms with Gasteiger partial charge in [0, 0.05) is 17.7 Å². The van der Waals surface area contributed by atoms with Gasteiger partial charge in [-0.05, 0) is 43.2 Å². The van der Waals surface area contributed by atoms with Gasteiger partial charge in [0.1, 0.15) is 17.2 Å². The van der Waals surface area contributed by atoms with E-state index in [9.17, 15) is 4.79 Å². The molecule has 1 heterocycles. The summed E-state index contributed by atoms with van der Waals surface area (Å²) in [4.78, 5) is 19.1. The zero-order chi connectivity index (χ0) is 25.5. The molecule has 0 bridgehead atoms. The van der Waals surface area contributed by atoms with Crippen LogP contribution in [0.25, 0.3) is 22.6 Å². The number of rotatable bonds is 10. The average molecular weight is 480 g/mol. The molecule has 0 saturated carbocycles. The lowest BCUT2D eigenvalue weighted by Gasteiger charge is -2.21. The molecule has 0 radical (unpaired) electrons. The standard InChI is InChI=1S/C32H37N3O/c1-5-24-18-20-26(21-19-24)29-30(35(6-2)31(34-29)27-15-11-8-12-16-27)32(36)33-28(22-17-23(3)4)25-13-9-7-10-14-25/h7-16,18-21,23,28H,5-6,17,22H2,1-4H3,(H,33,36). The minimum absolute atomic E-state index is 0.0585. The molecule has 1 aromatic heterocycles. The van der Waals surface area contributed by atoms with Gasteiger partial charge in [-0.3, -0.25) is 4.79 Å². The number of nitrogens with one attached hydrogen (secondary N) is 1. The number of carbonyl (C=O) groups excluding carboxylic acids is 1. The van der Waals surface area contributed by atoms with Crippen molar-refractivity contribution >= 4 is 5.91 Å². The van der Waals surface area contributed by atoms with Crippen LogP contribution in [0.2, 0.25) is 0 Å². The molecule has 1 N–H and O–H groups in total. The van der Waals surface area contributed by atoms with E-state index < -0.39 is 0 Å². The lowest BCUT2D eigenvalue weighted by Crippen LogP contribution is -2.31. The number of hydrogen-bond acceptors (Lipinski definition) is 2. The van der Waals surface area contributed by atoms with Gasteiger partial charge in [-0.1, -0.05) is 106 Å². The van der Waals surface area contributed by atoms with Gasteiger partial charge in [0.05, 0.1) is 6.04 Å². The molecular formula is C32H37N3O. The highest BCUT2D eigenvalue weighted by atomic mass is 16.2. The summed E-state index contributed by atoms with van der Waals surface area (Å²) in [5, 5.41) is 3.38. The van der Waals surface area contributed by atoms with Crippen LogP contribution in [-0.4, -0.2) is 15.5 Å². The van der Waals surface area contributed by atoms with E-state index in [2.05, 4.69) is 86.1 Å². The van der Waals surface area contributed by atoms with Crippen molar-refractivity contribution in [3.05, 3.63) is 102 Å². The third-order valence-electron chi connectivity index (χ3n) is 6.71. The molecule has 0 aliphatic heterocycles. The molecule has 4 rings (SSSR count). The Labute approximate surface area is 215 Å². The second-order valence-electron chi connectivity index (χ2n) is 9.70. The minimum atomic E-state index is -0.0845. The summed E-state index contributed by atoms with van der Waals surface area (Å²) in [7, 11) is 0. The van der Waals surface area contributed by atoms with Gasteiger partial charge in [-0.2, -0.15) is 0 Å². The Balaban J connectivity index is 1.79. The lowest BCUT2D eigenvalue weighted by molar-refractivity contribution is 0.0924. The first-order valence-electron chi connectivity index (χ1n) is 13.1. The van der Waals surface area contributed by atoms with E-state index >= 15 is 0 Å². The fourth-order valence-electron chi connectivity index (χ4n) is 4.63. The number of imidazole rings is 1. The van der Waals surface area contributed by atoms with Crippen LogP contribution in [0, 0.1) is 5.92 Å². The van der Waals surface area contributed by atoms with Crippen molar-refractivity contribution < 1.29 is 4.79 Å². The van der Waals surface area contributed by atoms with Gasteiger partial charge < -0.3 is 9.88 Å². The predicted octanol–water partition coefficient (Wildman–Crippen LogP) is 7.71. The largest absolute Gasteiger partial charge is 0.344 e. The average Bonchev–Trinajstić information content (AvgIpc) is 3.31. The smallest absolute Gasteiger partial charge is 0.270 e. The summed E-state index contributed by atoms with van der Waals surface area (Å²) in [6, 6.07) is 28.8. The second kappa shape index (κ2) is 11.9. The Morgan fingerprint density at radius 2 is 1.47 bits per heavy atom. The molecule has 1 unspecified atom stereocenters. The van der Waals surface area contributed by atoms with Crippen molar-refractivity contribution in [2.75, 3.05) is 0 Å². The van der Waals surface area contributed by atoms with Crippen molar-refractivity contribution in [1.82, 2.24) is 14.9 Å². The molecule has 1 atom stereocenters. The van der Waals surface area contributed by atoms with E-state index in [4.69, 9.17) is 4.98 Å². The van der Waals surface area contributed by atoms with Gasteiger partial charge in [0.25, 0.3) is 5.91 Å². The van der Waals surface area contributed by atoms with Crippen LogP contribution in [0.3, 0.4) is 0 Å². The van der Waals surface area contributed by atoms with Crippen molar-refractivity contribution in [3.63, 3.8) is 0 Å². The molecule has 0 spiro atoms. The van der Waals surface area contributed by atoms with Crippen molar-refractivity contribution in [2.45, 2.75) is 59.5 Å². The van der Waals surface area contributed by atoms with E-state index in [0.717, 1.165) is 47.5 Å². The maximum absolute atomic E-state index is 14.0. The van der Waals surface area contributed by atoms with E-state index in [1.54, 1.807) is 0 Å². The van der Waals surface area contributed by atoms with Crippen molar-refractivity contribution in [2.24, 2.45) is 5.92 Å². The highest BCUT2D eigenvalue weighted by molar-refractivity contribution is 5.99. The molecule has 4 nitrogen and oxygen atoms in total. The summed E-state index contributed by atoms with van der Waals surface area (Å²) in [6.07, 6.45) is 2.90. The van der Waals surface area contributed by atoms with Gasteiger partial charge in [-0.15, -0.1) is 0 Å². The van der Waals surface area contributed by atoms with Crippen LogP contribution in [0.4, 0.5) is 0 Å². The Morgan fingerprint density at radius 3 is 2.06 bits per heavy atom. The Bertz CT molecular complexity index is 1260. The summed E-state index contributed by atoms with van der Waals surface area (Å²) in [6.45, 7) is 9.31. The Morgan fingerprint density at radius 1 is 0.833 bits per heavy atom. The molecule has 0 aliphatic carbocycles. The van der Waals surface area contributed by atoms with Crippen LogP contribution in [0.5, 0.6) is 0 Å². The topological polar surface area (TPSA) is 46.9 Å². The van der Waals surface area contributed by atoms with Gasteiger partial charge in [0.2, 0.25) is 0 Å². The number of nitrogens with zero attached hydrogens (tertiary/aromatic N) is 2. The molecular weight excluding hydrogens is 442 g/mol. The normalized spacial score (nSPS) is 12.0. The number of aryl methyl sites for hydroxylation is 1. The first-order chi connectivity index (χ1) is 17.5. The number of carbonyl (C=O) groups is 1. The number of aromatic nitrogens is 2. The minimum Gasteiger partial charge on any atom is -0.344 e. The first-order valence-corrected chi connectivity index (χ1v) is 13.1. The summed E-state index contributed by atoms with van der Waals surface area (Å²) in [5.74, 6) is 1.29. The maximum Gasteiger partial charge on any atom is 0.270 e. The molecule has 4 aromatic rings. The molecule has 1 amide bonds. The van der Waals surface area contributed by atoms with Crippen LogP contribution in [0.15, 0.2) is 84.9 Å². The molecule has 36 heavy (non-hydrogen) atoms. The van der Waals surface area contributed by atoms with Crippen LogP contribution < -0.4 is 5.32 Å². The molecule has 3 aromatic carbocycles. The fraction of sp³-hybridized carbons (Fsp3) is 0.312. The number of hydrogen-bond donors (Lipinski definition) is 1. The highest BCUT2D eigenvalue weighted by Crippen LogP contribution is 2.31. The lowest BCUT2D eigenvalue weighted by atomic mass is 9.97. The first kappa shape index (κ1) is 25.4. The summed E-state index contributed by atoms with van der Waals surface area (Å²) in [5.41, 5.74) is 5.70. The quantitative estimate of drug-likeness (QED) is 0.253. The molecule has 0 saturated heterocycles. The number of amides is 1. The van der Waals surface area contributed by atoms with Gasteiger partial charge >= 0.3 is 0 Å². The zero-order valence-corrected chi connectivity index (χ0v) is 21.9. The van der Waals surface area contributed by atoms with Gasteiger partial charge in [-0.25, -0.2) is 4.98 Å². The third kappa shape index (κ3) is 5.76. The maximum atomic E-state index is 14.0. The van der Waals surface area contributed by atoms with E-state index in [1.807, 2.05) is 36.4 Å². The second-order valence-corrected chi connectivity index (χ2v) is 9.70.